The average molecular weight is 247 g/mol. The molecule has 0 aliphatic carbocycles. The number of aromatic nitrogens is 2. The molecule has 0 atom stereocenters. The smallest absolute Gasteiger partial charge is 0.222 e. The molecule has 1 heterocycles. The molecule has 1 aromatic heterocycles. The van der Waals surface area contributed by atoms with E-state index in [1.54, 1.807) is 11.8 Å². The summed E-state index contributed by atoms with van der Waals surface area (Å²) in [4.78, 5) is 0. The van der Waals surface area contributed by atoms with E-state index >= 15 is 0 Å². The molecular weight excluding hydrogens is 230 g/mol. The van der Waals surface area contributed by atoms with E-state index in [2.05, 4.69) is 5.10 Å². The van der Waals surface area contributed by atoms with Gasteiger partial charge in [-0.2, -0.15) is 5.10 Å². The summed E-state index contributed by atoms with van der Waals surface area (Å²) in [6.45, 7) is 2.32. The second-order valence-electron chi connectivity index (χ2n) is 3.98. The molecule has 0 amide bonds. The molecule has 2 aromatic rings. The van der Waals surface area contributed by atoms with Crippen LogP contribution in [0.15, 0.2) is 24.3 Å². The number of nitrogens with zero attached hydrogens (tertiary/aromatic N) is 2. The van der Waals surface area contributed by atoms with Crippen molar-refractivity contribution in [1.29, 1.82) is 0 Å². The fraction of sp³-hybridized carbons (Fsp3) is 0.308. The molecule has 5 nitrogen and oxygen atoms in total. The monoisotopic (exact) mass is 247 g/mol. The highest BCUT2D eigenvalue weighted by molar-refractivity contribution is 5.38. The number of ether oxygens (including phenoxy) is 2. The molecule has 96 valence electrons. The summed E-state index contributed by atoms with van der Waals surface area (Å²) >= 11 is 0. The normalized spacial score (nSPS) is 10.4. The van der Waals surface area contributed by atoms with Gasteiger partial charge in [0.25, 0.3) is 0 Å². The van der Waals surface area contributed by atoms with E-state index in [1.807, 2.05) is 38.2 Å². The van der Waals surface area contributed by atoms with Crippen molar-refractivity contribution < 1.29 is 9.47 Å². The Hall–Kier alpha value is -2.01. The van der Waals surface area contributed by atoms with Crippen LogP contribution in [0.25, 0.3) is 0 Å². The van der Waals surface area contributed by atoms with Crippen LogP contribution in [0, 0.1) is 6.92 Å². The zero-order valence-electron chi connectivity index (χ0n) is 10.8. The summed E-state index contributed by atoms with van der Waals surface area (Å²) < 4.78 is 12.7. The van der Waals surface area contributed by atoms with Gasteiger partial charge in [-0.1, -0.05) is 6.07 Å². The molecule has 0 aliphatic rings. The van der Waals surface area contributed by atoms with Gasteiger partial charge in [0.1, 0.15) is 11.5 Å². The Morgan fingerprint density at radius 2 is 2.06 bits per heavy atom. The summed E-state index contributed by atoms with van der Waals surface area (Å²) in [5.74, 6) is 2.12. The van der Waals surface area contributed by atoms with E-state index in [9.17, 15) is 0 Å². The van der Waals surface area contributed by atoms with Crippen LogP contribution in [0.2, 0.25) is 0 Å². The van der Waals surface area contributed by atoms with Crippen molar-refractivity contribution in [1.82, 2.24) is 9.78 Å². The minimum absolute atomic E-state index is 0.402. The van der Waals surface area contributed by atoms with E-state index < -0.39 is 0 Å². The van der Waals surface area contributed by atoms with Crippen LogP contribution in [0.3, 0.4) is 0 Å². The highest BCUT2D eigenvalue weighted by Crippen LogP contribution is 2.28. The van der Waals surface area contributed by atoms with Gasteiger partial charge < -0.3 is 15.2 Å². The molecule has 0 saturated carbocycles. The van der Waals surface area contributed by atoms with Crippen LogP contribution in [0.1, 0.15) is 11.3 Å². The quantitative estimate of drug-likeness (QED) is 0.897. The highest BCUT2D eigenvalue weighted by atomic mass is 16.5. The van der Waals surface area contributed by atoms with E-state index in [-0.39, 0.29) is 0 Å². The molecule has 0 saturated heterocycles. The standard InChI is InChI=1S/C13H17N3O2/c1-9-12(8-14)13(16(2)15-9)18-11-6-4-5-10(7-11)17-3/h4-7H,8,14H2,1-3H3. The predicted molar refractivity (Wildman–Crippen MR) is 68.9 cm³/mol. The summed E-state index contributed by atoms with van der Waals surface area (Å²) in [6, 6.07) is 7.43. The lowest BCUT2D eigenvalue weighted by molar-refractivity contribution is 0.400. The lowest BCUT2D eigenvalue weighted by Crippen LogP contribution is -2.01. The van der Waals surface area contributed by atoms with E-state index in [1.165, 1.54) is 0 Å². The Labute approximate surface area is 106 Å². The molecule has 0 fully saturated rings. The van der Waals surface area contributed by atoms with Crippen LogP contribution >= 0.6 is 0 Å². The number of hydrogen-bond donors (Lipinski definition) is 1. The van der Waals surface area contributed by atoms with E-state index in [0.29, 0.717) is 18.2 Å². The Balaban J connectivity index is 2.33. The molecule has 0 bridgehead atoms. The van der Waals surface area contributed by atoms with Crippen molar-refractivity contribution in [3.63, 3.8) is 0 Å². The van der Waals surface area contributed by atoms with Crippen molar-refractivity contribution in [3.05, 3.63) is 35.5 Å². The maximum Gasteiger partial charge on any atom is 0.222 e. The molecular formula is C13H17N3O2. The van der Waals surface area contributed by atoms with Gasteiger partial charge in [-0.05, 0) is 19.1 Å². The second kappa shape index (κ2) is 5.10. The Morgan fingerprint density at radius 1 is 1.33 bits per heavy atom. The maximum absolute atomic E-state index is 5.83. The topological polar surface area (TPSA) is 62.3 Å². The van der Waals surface area contributed by atoms with Crippen LogP contribution < -0.4 is 15.2 Å². The molecule has 0 aliphatic heterocycles. The molecule has 5 heteroatoms. The maximum atomic E-state index is 5.83. The summed E-state index contributed by atoms with van der Waals surface area (Å²) in [6.07, 6.45) is 0. The van der Waals surface area contributed by atoms with Gasteiger partial charge in [0.2, 0.25) is 5.88 Å². The average Bonchev–Trinajstić information content (AvgIpc) is 2.64. The largest absolute Gasteiger partial charge is 0.497 e. The third-order valence-corrected chi connectivity index (χ3v) is 2.75. The SMILES string of the molecule is COc1cccc(Oc2c(CN)c(C)nn2C)c1. The fourth-order valence-corrected chi connectivity index (χ4v) is 1.82. The summed E-state index contributed by atoms with van der Waals surface area (Å²) in [5, 5.41) is 4.30. The zero-order chi connectivity index (χ0) is 13.1. The molecule has 2 rings (SSSR count). The van der Waals surface area contributed by atoms with Gasteiger partial charge in [0.05, 0.1) is 18.4 Å². The number of methoxy groups -OCH3 is 1. The fourth-order valence-electron chi connectivity index (χ4n) is 1.82. The Morgan fingerprint density at radius 3 is 2.72 bits per heavy atom. The van der Waals surface area contributed by atoms with Gasteiger partial charge in [-0.3, -0.25) is 0 Å². The van der Waals surface area contributed by atoms with Gasteiger partial charge in [-0.15, -0.1) is 0 Å². The minimum Gasteiger partial charge on any atom is -0.497 e. The molecule has 0 spiro atoms. The van der Waals surface area contributed by atoms with E-state index in [4.69, 9.17) is 15.2 Å². The van der Waals surface area contributed by atoms with Gasteiger partial charge in [-0.25, -0.2) is 4.68 Å². The molecule has 0 unspecified atom stereocenters. The minimum atomic E-state index is 0.402. The van der Waals surface area contributed by atoms with Crippen molar-refractivity contribution in [2.75, 3.05) is 7.11 Å². The first-order valence-electron chi connectivity index (χ1n) is 5.70. The number of nitrogens with two attached hydrogens (primary N) is 1. The molecule has 0 radical (unpaired) electrons. The molecule has 2 N–H and O–H groups in total. The van der Waals surface area contributed by atoms with Crippen molar-refractivity contribution in [2.45, 2.75) is 13.5 Å². The first kappa shape index (κ1) is 12.4. The number of benzene rings is 1. The zero-order valence-corrected chi connectivity index (χ0v) is 10.8. The van der Waals surface area contributed by atoms with Crippen molar-refractivity contribution >= 4 is 0 Å². The highest BCUT2D eigenvalue weighted by Gasteiger charge is 2.14. The summed E-state index contributed by atoms with van der Waals surface area (Å²) in [5.41, 5.74) is 7.52. The van der Waals surface area contributed by atoms with Crippen molar-refractivity contribution in [3.8, 4) is 17.4 Å². The molecule has 1 aromatic carbocycles. The Kier molecular flexibility index (Phi) is 3.53. The lowest BCUT2D eigenvalue weighted by Gasteiger charge is -2.09. The number of aryl methyl sites for hydroxylation is 2. The van der Waals surface area contributed by atoms with Gasteiger partial charge in [0.15, 0.2) is 0 Å². The third kappa shape index (κ3) is 2.31. The number of rotatable bonds is 4. The second-order valence-corrected chi connectivity index (χ2v) is 3.98. The van der Waals surface area contributed by atoms with Crippen LogP contribution in [0.5, 0.6) is 17.4 Å². The number of hydrogen-bond acceptors (Lipinski definition) is 4. The molecule has 18 heavy (non-hydrogen) atoms. The predicted octanol–water partition coefficient (Wildman–Crippen LogP) is 1.99. The Bertz CT molecular complexity index is 549. The third-order valence-electron chi connectivity index (χ3n) is 2.75. The van der Waals surface area contributed by atoms with Crippen LogP contribution in [-0.4, -0.2) is 16.9 Å². The lowest BCUT2D eigenvalue weighted by atomic mass is 10.2. The first-order valence-corrected chi connectivity index (χ1v) is 5.70. The van der Waals surface area contributed by atoms with Crippen LogP contribution in [0.4, 0.5) is 0 Å². The van der Waals surface area contributed by atoms with E-state index in [0.717, 1.165) is 17.0 Å². The summed E-state index contributed by atoms with van der Waals surface area (Å²) in [7, 11) is 3.46. The first-order chi connectivity index (χ1) is 8.65. The van der Waals surface area contributed by atoms with Gasteiger partial charge in [0, 0.05) is 19.7 Å². The van der Waals surface area contributed by atoms with Gasteiger partial charge >= 0.3 is 0 Å². The van der Waals surface area contributed by atoms with Crippen molar-refractivity contribution in [2.24, 2.45) is 12.8 Å². The van der Waals surface area contributed by atoms with Crippen LogP contribution in [-0.2, 0) is 13.6 Å².